The Balaban J connectivity index is 1.51. The average molecular weight is 569 g/mol. The van der Waals surface area contributed by atoms with Gasteiger partial charge in [0.2, 0.25) is 0 Å². The highest BCUT2D eigenvalue weighted by atomic mass is 16.7. The lowest BCUT2D eigenvalue weighted by molar-refractivity contribution is -0.329. The van der Waals surface area contributed by atoms with Gasteiger partial charge in [-0.2, -0.15) is 0 Å². The fraction of sp³-hybridized carbons (Fsp3) is 0.676. The van der Waals surface area contributed by atoms with Crippen molar-refractivity contribution in [2.24, 2.45) is 17.8 Å². The summed E-state index contributed by atoms with van der Waals surface area (Å²) in [5, 5.41) is 23.0. The number of esters is 1. The Bertz CT molecular complexity index is 1160. The maximum absolute atomic E-state index is 14.0. The van der Waals surface area contributed by atoms with Crippen molar-refractivity contribution in [1.82, 2.24) is 0 Å². The van der Waals surface area contributed by atoms with Crippen LogP contribution in [0.3, 0.4) is 0 Å². The normalized spacial score (nSPS) is 47.4. The third-order valence-corrected chi connectivity index (χ3v) is 9.86. The molecule has 1 aliphatic carbocycles. The monoisotopic (exact) mass is 568 g/mol. The minimum absolute atomic E-state index is 0.0538. The minimum atomic E-state index is -1.69. The molecule has 7 heteroatoms. The Kier molecular flexibility index (Phi) is 8.85. The van der Waals surface area contributed by atoms with Gasteiger partial charge in [-0.05, 0) is 75.5 Å². The van der Waals surface area contributed by atoms with Crippen LogP contribution in [0.1, 0.15) is 80.1 Å². The third kappa shape index (κ3) is 5.94. The second-order valence-electron chi connectivity index (χ2n) is 13.2. The highest BCUT2D eigenvalue weighted by Gasteiger charge is 2.60. The lowest BCUT2D eigenvalue weighted by atomic mass is 9.71. The van der Waals surface area contributed by atoms with Crippen molar-refractivity contribution in [2.75, 3.05) is 6.61 Å². The van der Waals surface area contributed by atoms with E-state index < -0.39 is 41.6 Å². The summed E-state index contributed by atoms with van der Waals surface area (Å²) in [5.74, 6) is -1.70. The molecule has 0 unspecified atom stereocenters. The summed E-state index contributed by atoms with van der Waals surface area (Å²) in [6.45, 7) is 12.6. The first-order valence-corrected chi connectivity index (χ1v) is 15.4. The number of carbonyl (C=O) groups excluding carboxylic acids is 1. The fourth-order valence-electron chi connectivity index (χ4n) is 7.37. The highest BCUT2D eigenvalue weighted by molar-refractivity contribution is 5.78. The number of carbonyl (C=O) groups is 1. The Labute approximate surface area is 245 Å². The molecular weight excluding hydrogens is 520 g/mol. The lowest BCUT2D eigenvalue weighted by Crippen LogP contribution is -2.58. The van der Waals surface area contributed by atoms with Crippen molar-refractivity contribution in [3.05, 3.63) is 58.7 Å². The minimum Gasteiger partial charge on any atom is -0.462 e. The zero-order chi connectivity index (χ0) is 29.5. The van der Waals surface area contributed by atoms with Crippen LogP contribution in [0, 0.1) is 17.8 Å². The summed E-state index contributed by atoms with van der Waals surface area (Å²) >= 11 is 0. The van der Waals surface area contributed by atoms with E-state index in [1.807, 2.05) is 19.1 Å². The Hall–Kier alpha value is -2.03. The average Bonchev–Trinajstić information content (AvgIpc) is 3.27. The molecule has 5 aliphatic rings. The van der Waals surface area contributed by atoms with E-state index in [1.54, 1.807) is 13.0 Å². The van der Waals surface area contributed by atoms with E-state index in [0.717, 1.165) is 19.3 Å². The first kappa shape index (κ1) is 30.4. The number of aliphatic hydroxyl groups excluding tert-OH is 1. The molecule has 0 aromatic rings. The second-order valence-corrected chi connectivity index (χ2v) is 13.2. The standard InChI is InChI=1S/C34H48O7/c1-7-22(4)30-23(5)13-14-33(41-30)18-27-17-26(40-33)12-11-21(3)15-20(2)9-8-10-25-19-38-31-29(35)24(6)16-28(32(36)39-27)34(25,31)37/h7-11,16,20,23,26-31,35,37H,12-15,17-19H2,1-6H3/b9-8+,21-11+,22-7-,25-10+/t20-,23-,26+,27+,28-,29-,30+,31+,33+,34+/m0/s1. The molecule has 226 valence electrons. The summed E-state index contributed by atoms with van der Waals surface area (Å²) in [4.78, 5) is 14.0. The number of hydrogen-bond acceptors (Lipinski definition) is 7. The predicted octanol–water partition coefficient (Wildman–Crippen LogP) is 5.48. The van der Waals surface area contributed by atoms with E-state index in [9.17, 15) is 15.0 Å². The second kappa shape index (κ2) is 11.9. The molecule has 0 amide bonds. The SMILES string of the molecule is C/C=C(/C)[C@H]1O[C@]2(CC[C@@H]1C)C[C@H]1C[C@@H](C/C=C(\C)C[C@@H](C)/C=C/C=C3\CO[C@@H]4[C@@H](O)C(C)=C[C@@H](C(=O)O1)[C@]34O)O2. The molecule has 41 heavy (non-hydrogen) atoms. The lowest BCUT2D eigenvalue weighted by Gasteiger charge is -2.50. The third-order valence-electron chi connectivity index (χ3n) is 9.86. The molecule has 3 saturated heterocycles. The quantitative estimate of drug-likeness (QED) is 0.320. The van der Waals surface area contributed by atoms with Crippen LogP contribution in [0.15, 0.2) is 58.7 Å². The number of allylic oxidation sites excluding steroid dienone is 5. The topological polar surface area (TPSA) is 94.5 Å². The van der Waals surface area contributed by atoms with Crippen molar-refractivity contribution in [1.29, 1.82) is 0 Å². The van der Waals surface area contributed by atoms with E-state index in [4.69, 9.17) is 18.9 Å². The van der Waals surface area contributed by atoms with Crippen molar-refractivity contribution >= 4 is 5.97 Å². The van der Waals surface area contributed by atoms with Gasteiger partial charge in [0.1, 0.15) is 29.8 Å². The van der Waals surface area contributed by atoms with Gasteiger partial charge in [0.25, 0.3) is 0 Å². The number of ether oxygens (including phenoxy) is 4. The van der Waals surface area contributed by atoms with Gasteiger partial charge in [-0.25, -0.2) is 0 Å². The van der Waals surface area contributed by atoms with Crippen LogP contribution in [-0.4, -0.2) is 64.7 Å². The van der Waals surface area contributed by atoms with E-state index in [1.165, 1.54) is 11.1 Å². The maximum atomic E-state index is 14.0. The van der Waals surface area contributed by atoms with Gasteiger partial charge in [-0.3, -0.25) is 4.79 Å². The van der Waals surface area contributed by atoms with Gasteiger partial charge >= 0.3 is 5.97 Å². The number of aliphatic hydroxyl groups is 2. The Morgan fingerprint density at radius 3 is 2.71 bits per heavy atom. The molecule has 3 fully saturated rings. The summed E-state index contributed by atoms with van der Waals surface area (Å²) in [6, 6.07) is 0. The van der Waals surface area contributed by atoms with Crippen LogP contribution in [-0.2, 0) is 23.7 Å². The smallest absolute Gasteiger partial charge is 0.316 e. The van der Waals surface area contributed by atoms with Gasteiger partial charge in [0, 0.05) is 19.3 Å². The van der Waals surface area contributed by atoms with Gasteiger partial charge in [-0.15, -0.1) is 0 Å². The van der Waals surface area contributed by atoms with E-state index in [2.05, 4.69) is 45.9 Å². The summed E-state index contributed by atoms with van der Waals surface area (Å²) in [5.41, 5.74) is 1.93. The largest absolute Gasteiger partial charge is 0.462 e. The zero-order valence-electron chi connectivity index (χ0n) is 25.5. The van der Waals surface area contributed by atoms with Crippen LogP contribution in [0.25, 0.3) is 0 Å². The fourth-order valence-corrected chi connectivity index (χ4v) is 7.37. The van der Waals surface area contributed by atoms with Crippen molar-refractivity contribution in [2.45, 2.75) is 122 Å². The van der Waals surface area contributed by atoms with Gasteiger partial charge in [-0.1, -0.05) is 55.9 Å². The first-order chi connectivity index (χ1) is 19.5. The van der Waals surface area contributed by atoms with Crippen LogP contribution in [0.5, 0.6) is 0 Å². The van der Waals surface area contributed by atoms with Gasteiger partial charge in [0.05, 0.1) is 18.8 Å². The van der Waals surface area contributed by atoms with Gasteiger partial charge < -0.3 is 29.2 Å². The van der Waals surface area contributed by atoms with Crippen LogP contribution >= 0.6 is 0 Å². The molecule has 0 aromatic heterocycles. The van der Waals surface area contributed by atoms with Crippen LogP contribution in [0.2, 0.25) is 0 Å². The van der Waals surface area contributed by atoms with Crippen molar-refractivity contribution < 1.29 is 34.0 Å². The zero-order valence-corrected chi connectivity index (χ0v) is 25.5. The highest BCUT2D eigenvalue weighted by Crippen LogP contribution is 2.47. The molecule has 4 heterocycles. The summed E-state index contributed by atoms with van der Waals surface area (Å²) < 4.78 is 25.7. The summed E-state index contributed by atoms with van der Waals surface area (Å²) in [6.07, 6.45) is 13.6. The molecule has 4 aliphatic heterocycles. The molecular formula is C34H48O7. The molecule has 0 aromatic carbocycles. The van der Waals surface area contributed by atoms with Gasteiger partial charge in [0.15, 0.2) is 5.79 Å². The number of fused-ring (bicyclic) bond motifs is 2. The van der Waals surface area contributed by atoms with Crippen molar-refractivity contribution in [3.8, 4) is 0 Å². The van der Waals surface area contributed by atoms with E-state index >= 15 is 0 Å². The molecule has 10 atom stereocenters. The van der Waals surface area contributed by atoms with Crippen LogP contribution < -0.4 is 0 Å². The van der Waals surface area contributed by atoms with E-state index in [0.29, 0.717) is 36.3 Å². The molecule has 7 nitrogen and oxygen atoms in total. The van der Waals surface area contributed by atoms with Crippen LogP contribution in [0.4, 0.5) is 0 Å². The molecule has 2 N–H and O–H groups in total. The molecule has 5 rings (SSSR count). The molecule has 1 spiro atoms. The van der Waals surface area contributed by atoms with E-state index in [-0.39, 0.29) is 24.7 Å². The first-order valence-electron chi connectivity index (χ1n) is 15.4. The predicted molar refractivity (Wildman–Crippen MR) is 157 cm³/mol. The maximum Gasteiger partial charge on any atom is 0.316 e. The molecule has 0 saturated carbocycles. The number of rotatable bonds is 1. The Morgan fingerprint density at radius 2 is 1.95 bits per heavy atom. The number of hydrogen-bond donors (Lipinski definition) is 2. The molecule has 0 radical (unpaired) electrons. The molecule has 2 bridgehead atoms. The summed E-state index contributed by atoms with van der Waals surface area (Å²) in [7, 11) is 0. The van der Waals surface area contributed by atoms with Crippen molar-refractivity contribution in [3.63, 3.8) is 0 Å². The Morgan fingerprint density at radius 1 is 1.17 bits per heavy atom.